The third kappa shape index (κ3) is 3.19. The van der Waals surface area contributed by atoms with Crippen molar-refractivity contribution in [3.63, 3.8) is 0 Å². The molecule has 0 unspecified atom stereocenters. The number of ether oxygens (including phenoxy) is 1. The van der Waals surface area contributed by atoms with E-state index in [1.54, 1.807) is 12.1 Å². The van der Waals surface area contributed by atoms with Crippen LogP contribution in [-0.2, 0) is 18.9 Å². The maximum atomic E-state index is 12.6. The second-order valence-corrected chi connectivity index (χ2v) is 6.54. The summed E-state index contributed by atoms with van der Waals surface area (Å²) in [5.41, 5.74) is -0.308. The van der Waals surface area contributed by atoms with E-state index in [1.807, 2.05) is 19.1 Å². The van der Waals surface area contributed by atoms with Gasteiger partial charge in [-0.3, -0.25) is 18.7 Å². The highest BCUT2D eigenvalue weighted by Crippen LogP contribution is 2.34. The van der Waals surface area contributed by atoms with Crippen LogP contribution in [0, 0.1) is 0 Å². The quantitative estimate of drug-likeness (QED) is 0.840. The summed E-state index contributed by atoms with van der Waals surface area (Å²) in [6, 6.07) is 6.85. The highest BCUT2D eigenvalue weighted by molar-refractivity contribution is 6.04. The lowest BCUT2D eigenvalue weighted by molar-refractivity contribution is -0.130. The molecular weight excluding hydrogens is 364 g/mol. The number of hydrogen-bond donors (Lipinski definition) is 1. The molecule has 1 atom stereocenters. The summed E-state index contributed by atoms with van der Waals surface area (Å²) >= 11 is 0. The summed E-state index contributed by atoms with van der Waals surface area (Å²) in [5.74, 6) is -0.0537. The fourth-order valence-corrected chi connectivity index (χ4v) is 3.25. The van der Waals surface area contributed by atoms with Crippen molar-refractivity contribution in [2.45, 2.75) is 26.3 Å². The van der Waals surface area contributed by atoms with E-state index in [2.05, 4.69) is 5.10 Å². The number of amides is 1. The van der Waals surface area contributed by atoms with Gasteiger partial charge in [0.05, 0.1) is 18.4 Å². The number of nitrogens with zero attached hydrogens (tertiary/aromatic N) is 4. The third-order valence-electron chi connectivity index (χ3n) is 4.73. The van der Waals surface area contributed by atoms with Crippen LogP contribution in [0.15, 0.2) is 39.0 Å². The maximum Gasteiger partial charge on any atom is 0.333 e. The van der Waals surface area contributed by atoms with Crippen LogP contribution in [0.1, 0.15) is 37.4 Å². The first-order chi connectivity index (χ1) is 13.3. The lowest BCUT2D eigenvalue weighted by Crippen LogP contribution is -2.39. The van der Waals surface area contributed by atoms with Crippen molar-refractivity contribution >= 4 is 11.6 Å². The molecule has 0 bridgehead atoms. The molecule has 2 aromatic rings. The topological polar surface area (TPSA) is 106 Å². The first-order valence-corrected chi connectivity index (χ1v) is 8.85. The van der Waals surface area contributed by atoms with Gasteiger partial charge in [0.15, 0.2) is 0 Å². The molecule has 1 amide bonds. The molecule has 1 aliphatic heterocycles. The predicted molar refractivity (Wildman–Crippen MR) is 103 cm³/mol. The van der Waals surface area contributed by atoms with Crippen molar-refractivity contribution in [1.82, 2.24) is 14.1 Å². The first-order valence-electron chi connectivity index (χ1n) is 8.85. The number of rotatable bonds is 4. The van der Waals surface area contributed by atoms with E-state index in [9.17, 15) is 19.5 Å². The van der Waals surface area contributed by atoms with Crippen LogP contribution >= 0.6 is 0 Å². The molecule has 0 saturated carbocycles. The minimum atomic E-state index is -0.657. The summed E-state index contributed by atoms with van der Waals surface area (Å²) in [5, 5.41) is 15.9. The van der Waals surface area contributed by atoms with Gasteiger partial charge in [-0.1, -0.05) is 12.1 Å². The molecule has 1 aromatic heterocycles. The van der Waals surface area contributed by atoms with Crippen LogP contribution in [0.5, 0.6) is 11.6 Å². The molecule has 148 valence electrons. The van der Waals surface area contributed by atoms with E-state index in [1.165, 1.54) is 26.0 Å². The maximum absolute atomic E-state index is 12.6. The molecule has 28 heavy (non-hydrogen) atoms. The van der Waals surface area contributed by atoms with Crippen molar-refractivity contribution in [2.24, 2.45) is 19.2 Å². The van der Waals surface area contributed by atoms with Gasteiger partial charge < -0.3 is 9.84 Å². The van der Waals surface area contributed by atoms with Crippen LogP contribution < -0.4 is 16.0 Å². The Hall–Kier alpha value is -3.36. The Labute approximate surface area is 161 Å². The normalized spacial score (nSPS) is 16.2. The van der Waals surface area contributed by atoms with Crippen LogP contribution in [0.25, 0.3) is 0 Å². The Morgan fingerprint density at radius 1 is 1.21 bits per heavy atom. The average molecular weight is 386 g/mol. The molecule has 2 heterocycles. The van der Waals surface area contributed by atoms with E-state index in [0.29, 0.717) is 12.4 Å². The largest absolute Gasteiger partial charge is 0.494 e. The monoisotopic (exact) mass is 386 g/mol. The van der Waals surface area contributed by atoms with Gasteiger partial charge >= 0.3 is 5.69 Å². The second kappa shape index (κ2) is 7.34. The summed E-state index contributed by atoms with van der Waals surface area (Å²) in [6.45, 7) is 3.82. The van der Waals surface area contributed by atoms with Crippen LogP contribution in [-0.4, -0.2) is 37.5 Å². The van der Waals surface area contributed by atoms with E-state index < -0.39 is 23.2 Å². The summed E-state index contributed by atoms with van der Waals surface area (Å²) in [4.78, 5) is 36.7. The molecular formula is C19H22N4O5. The molecule has 0 spiro atoms. The highest BCUT2D eigenvalue weighted by atomic mass is 16.5. The fourth-order valence-electron chi connectivity index (χ4n) is 3.25. The smallest absolute Gasteiger partial charge is 0.333 e. The third-order valence-corrected chi connectivity index (χ3v) is 4.73. The zero-order chi connectivity index (χ0) is 20.6. The molecule has 0 radical (unpaired) electrons. The van der Waals surface area contributed by atoms with Gasteiger partial charge in [-0.15, -0.1) is 0 Å². The van der Waals surface area contributed by atoms with Crippen molar-refractivity contribution in [1.29, 1.82) is 0 Å². The van der Waals surface area contributed by atoms with Gasteiger partial charge in [-0.05, 0) is 24.6 Å². The summed E-state index contributed by atoms with van der Waals surface area (Å²) < 4.78 is 7.32. The van der Waals surface area contributed by atoms with Gasteiger partial charge in [0.1, 0.15) is 11.3 Å². The van der Waals surface area contributed by atoms with Crippen molar-refractivity contribution in [2.75, 3.05) is 6.61 Å². The molecule has 0 fully saturated rings. The Morgan fingerprint density at radius 2 is 1.86 bits per heavy atom. The predicted octanol–water partition coefficient (Wildman–Crippen LogP) is 0.886. The number of hydrogen-bond acceptors (Lipinski definition) is 6. The zero-order valence-electron chi connectivity index (χ0n) is 16.2. The Morgan fingerprint density at radius 3 is 2.43 bits per heavy atom. The minimum absolute atomic E-state index is 0.0794. The Bertz CT molecular complexity index is 1070. The van der Waals surface area contributed by atoms with Crippen molar-refractivity contribution in [3.05, 3.63) is 56.2 Å². The number of benzene rings is 1. The fraction of sp³-hybridized carbons (Fsp3) is 0.368. The zero-order valence-corrected chi connectivity index (χ0v) is 16.2. The number of carbonyl (C=O) groups excluding carboxylic acids is 1. The van der Waals surface area contributed by atoms with E-state index >= 15 is 0 Å². The lowest BCUT2D eigenvalue weighted by Gasteiger charge is -2.20. The van der Waals surface area contributed by atoms with E-state index in [-0.39, 0.29) is 23.6 Å². The number of hydrazone groups is 1. The molecule has 9 nitrogen and oxygen atoms in total. The minimum Gasteiger partial charge on any atom is -0.494 e. The number of aromatic nitrogens is 2. The Kier molecular flexibility index (Phi) is 5.08. The van der Waals surface area contributed by atoms with Crippen LogP contribution in [0.4, 0.5) is 0 Å². The van der Waals surface area contributed by atoms with E-state index in [4.69, 9.17) is 4.74 Å². The molecule has 1 aromatic carbocycles. The van der Waals surface area contributed by atoms with Crippen LogP contribution in [0.2, 0.25) is 0 Å². The number of aromatic hydroxyl groups is 1. The van der Waals surface area contributed by atoms with Crippen molar-refractivity contribution in [3.8, 4) is 11.6 Å². The van der Waals surface area contributed by atoms with Gasteiger partial charge in [0.25, 0.3) is 5.56 Å². The average Bonchev–Trinajstić information content (AvgIpc) is 3.11. The number of carbonyl (C=O) groups is 1. The Balaban J connectivity index is 2.05. The first kappa shape index (κ1) is 19.4. The molecule has 1 N–H and O–H groups in total. The molecule has 9 heteroatoms. The molecule has 0 saturated heterocycles. The van der Waals surface area contributed by atoms with Gasteiger partial charge in [-0.25, -0.2) is 9.80 Å². The van der Waals surface area contributed by atoms with E-state index in [0.717, 1.165) is 14.7 Å². The second-order valence-electron chi connectivity index (χ2n) is 6.54. The highest BCUT2D eigenvalue weighted by Gasteiger charge is 2.34. The van der Waals surface area contributed by atoms with Crippen LogP contribution in [0.3, 0.4) is 0 Å². The van der Waals surface area contributed by atoms with Gasteiger partial charge in [0, 0.05) is 27.4 Å². The van der Waals surface area contributed by atoms with Crippen molar-refractivity contribution < 1.29 is 14.6 Å². The lowest BCUT2D eigenvalue weighted by atomic mass is 9.99. The summed E-state index contributed by atoms with van der Waals surface area (Å²) in [7, 11) is 2.69. The molecule has 3 rings (SSSR count). The molecule has 1 aliphatic rings. The standard InChI is InChI=1S/C19H22N4O5/c1-5-28-13-8-6-12(7-9-13)15-10-14(20-23(15)11(2)24)16-17(25)21(3)19(27)22(4)18(16)26/h6-9,15,25H,5,10H2,1-4H3/t15-/m0/s1. The summed E-state index contributed by atoms with van der Waals surface area (Å²) in [6.07, 6.45) is 0.231. The molecule has 0 aliphatic carbocycles. The SMILES string of the molecule is CCOc1ccc([C@@H]2CC(c3c(O)n(C)c(=O)n(C)c3=O)=NN2C(C)=O)cc1. The van der Waals surface area contributed by atoms with Gasteiger partial charge in [-0.2, -0.15) is 5.10 Å². The van der Waals surface area contributed by atoms with Gasteiger partial charge in [0.2, 0.25) is 11.8 Å².